The largest absolute Gasteiger partial charge is 0.477 e. The Morgan fingerprint density at radius 1 is 1.62 bits per heavy atom. The number of hydrogen-bond acceptors (Lipinski definition) is 3. The van der Waals surface area contributed by atoms with Crippen molar-refractivity contribution in [2.75, 3.05) is 5.32 Å². The van der Waals surface area contributed by atoms with Gasteiger partial charge in [0.15, 0.2) is 5.13 Å². The topological polar surface area (TPSA) is 92.4 Å². The monoisotopic (exact) mass is 204 g/mol. The number of carboxylic acids is 1. The van der Waals surface area contributed by atoms with Gasteiger partial charge in [0.1, 0.15) is 4.88 Å². The van der Waals surface area contributed by atoms with Crippen LogP contribution in [-0.2, 0) is 0 Å². The molecule has 0 bridgehead atoms. The van der Waals surface area contributed by atoms with Crippen LogP contribution in [-0.4, -0.2) is 17.1 Å². The van der Waals surface area contributed by atoms with Crippen molar-refractivity contribution in [3.05, 3.63) is 16.1 Å². The SMILES string of the molecule is NC(=O)Nc1cc(F)sc1C(=O)O. The minimum absolute atomic E-state index is 0.123. The number of anilines is 1. The Bertz CT molecular complexity index is 363. The van der Waals surface area contributed by atoms with Gasteiger partial charge in [-0.2, -0.15) is 4.39 Å². The fourth-order valence-electron chi connectivity index (χ4n) is 0.745. The highest BCUT2D eigenvalue weighted by Gasteiger charge is 2.16. The number of primary amides is 1. The fourth-order valence-corrected chi connectivity index (χ4v) is 1.42. The third-order valence-corrected chi connectivity index (χ3v) is 2.07. The number of halogens is 1. The van der Waals surface area contributed by atoms with Gasteiger partial charge >= 0.3 is 12.0 Å². The Morgan fingerprint density at radius 2 is 2.23 bits per heavy atom. The summed E-state index contributed by atoms with van der Waals surface area (Å²) in [6, 6.07) is -0.0286. The van der Waals surface area contributed by atoms with Crippen LogP contribution in [0.15, 0.2) is 6.07 Å². The standard InChI is InChI=1S/C6H5FN2O3S/c7-3-1-2(9-6(8)12)4(13-3)5(10)11/h1H,(H,10,11)(H3,8,9,12). The molecule has 1 aromatic heterocycles. The van der Waals surface area contributed by atoms with Crippen molar-refractivity contribution in [2.45, 2.75) is 0 Å². The first kappa shape index (κ1) is 9.46. The van der Waals surface area contributed by atoms with Gasteiger partial charge in [-0.15, -0.1) is 0 Å². The number of carboxylic acid groups (broad SMARTS) is 1. The molecular formula is C6H5FN2O3S. The van der Waals surface area contributed by atoms with Crippen molar-refractivity contribution >= 4 is 29.0 Å². The second-order valence-corrected chi connectivity index (χ2v) is 3.09. The molecule has 0 aromatic carbocycles. The van der Waals surface area contributed by atoms with E-state index in [0.29, 0.717) is 11.3 Å². The molecule has 5 nitrogen and oxygen atoms in total. The molecule has 0 radical (unpaired) electrons. The number of aromatic carboxylic acids is 1. The first-order valence-electron chi connectivity index (χ1n) is 3.10. The van der Waals surface area contributed by atoms with Crippen molar-refractivity contribution in [1.82, 2.24) is 0 Å². The minimum atomic E-state index is -1.31. The third kappa shape index (κ3) is 2.15. The molecule has 0 fully saturated rings. The molecule has 1 aromatic rings. The number of nitrogens with two attached hydrogens (primary N) is 1. The first-order chi connectivity index (χ1) is 6.00. The van der Waals surface area contributed by atoms with Gasteiger partial charge in [0.05, 0.1) is 5.69 Å². The molecule has 0 aliphatic heterocycles. The van der Waals surface area contributed by atoms with Crippen LogP contribution in [0.25, 0.3) is 0 Å². The van der Waals surface area contributed by atoms with Gasteiger partial charge in [0.25, 0.3) is 0 Å². The normalized spacial score (nSPS) is 9.62. The van der Waals surface area contributed by atoms with E-state index in [4.69, 9.17) is 10.8 Å². The Hall–Kier alpha value is -1.63. The molecule has 70 valence electrons. The van der Waals surface area contributed by atoms with Crippen molar-refractivity contribution in [2.24, 2.45) is 5.73 Å². The number of carbonyl (C=O) groups excluding carboxylic acids is 1. The Labute approximate surface area is 76.0 Å². The summed E-state index contributed by atoms with van der Waals surface area (Å²) in [7, 11) is 0. The lowest BCUT2D eigenvalue weighted by Gasteiger charge is -1.97. The van der Waals surface area contributed by atoms with Crippen LogP contribution in [0.4, 0.5) is 14.9 Å². The molecule has 7 heteroatoms. The van der Waals surface area contributed by atoms with Crippen LogP contribution in [0.3, 0.4) is 0 Å². The van der Waals surface area contributed by atoms with Gasteiger partial charge < -0.3 is 16.2 Å². The van der Waals surface area contributed by atoms with Gasteiger partial charge in [-0.3, -0.25) is 0 Å². The summed E-state index contributed by atoms with van der Waals surface area (Å²) in [5, 5.41) is 9.85. The number of urea groups is 1. The molecule has 2 amide bonds. The molecule has 1 heterocycles. The molecule has 1 rings (SSSR count). The van der Waals surface area contributed by atoms with Crippen LogP contribution >= 0.6 is 11.3 Å². The molecule has 0 aliphatic carbocycles. The van der Waals surface area contributed by atoms with Gasteiger partial charge in [0.2, 0.25) is 0 Å². The second-order valence-electron chi connectivity index (χ2n) is 2.09. The van der Waals surface area contributed by atoms with E-state index in [-0.39, 0.29) is 10.6 Å². The van der Waals surface area contributed by atoms with Crippen molar-refractivity contribution in [3.63, 3.8) is 0 Å². The summed E-state index contributed by atoms with van der Waals surface area (Å²) in [5.74, 6) is -1.31. The van der Waals surface area contributed by atoms with E-state index in [9.17, 15) is 14.0 Å². The van der Waals surface area contributed by atoms with E-state index in [2.05, 4.69) is 0 Å². The first-order valence-corrected chi connectivity index (χ1v) is 3.91. The third-order valence-electron chi connectivity index (χ3n) is 1.15. The van der Waals surface area contributed by atoms with Crippen LogP contribution in [0.5, 0.6) is 0 Å². The van der Waals surface area contributed by atoms with E-state index in [1.54, 1.807) is 0 Å². The zero-order chi connectivity index (χ0) is 10.0. The van der Waals surface area contributed by atoms with E-state index in [1.165, 1.54) is 0 Å². The molecule has 13 heavy (non-hydrogen) atoms. The molecule has 0 unspecified atom stereocenters. The average molecular weight is 204 g/mol. The molecule has 4 N–H and O–H groups in total. The summed E-state index contributed by atoms with van der Waals surface area (Å²) < 4.78 is 12.6. The summed E-state index contributed by atoms with van der Waals surface area (Å²) in [6.45, 7) is 0. The van der Waals surface area contributed by atoms with Crippen molar-refractivity contribution in [3.8, 4) is 0 Å². The summed E-state index contributed by atoms with van der Waals surface area (Å²) >= 11 is 0.428. The lowest BCUT2D eigenvalue weighted by atomic mass is 10.4. The van der Waals surface area contributed by atoms with E-state index in [1.807, 2.05) is 5.32 Å². The number of hydrogen-bond donors (Lipinski definition) is 3. The van der Waals surface area contributed by atoms with Gasteiger partial charge in [0, 0.05) is 6.07 Å². The molecular weight excluding hydrogens is 199 g/mol. The van der Waals surface area contributed by atoms with E-state index < -0.39 is 17.1 Å². The highest BCUT2D eigenvalue weighted by Crippen LogP contribution is 2.25. The van der Waals surface area contributed by atoms with Crippen LogP contribution < -0.4 is 11.1 Å². The van der Waals surface area contributed by atoms with Crippen LogP contribution in [0, 0.1) is 5.13 Å². The number of amides is 2. The smallest absolute Gasteiger partial charge is 0.348 e. The summed E-state index contributed by atoms with van der Waals surface area (Å²) in [5.41, 5.74) is 4.62. The zero-order valence-corrected chi connectivity index (χ0v) is 7.02. The van der Waals surface area contributed by atoms with E-state index in [0.717, 1.165) is 6.07 Å². The second kappa shape index (κ2) is 3.40. The molecule has 0 aliphatic rings. The lowest BCUT2D eigenvalue weighted by molar-refractivity contribution is 0.0703. The molecule has 0 spiro atoms. The van der Waals surface area contributed by atoms with Crippen molar-refractivity contribution in [1.29, 1.82) is 0 Å². The number of rotatable bonds is 2. The van der Waals surface area contributed by atoms with Gasteiger partial charge in [-0.1, -0.05) is 11.3 Å². The number of nitrogens with one attached hydrogen (secondary N) is 1. The highest BCUT2D eigenvalue weighted by molar-refractivity contribution is 7.13. The highest BCUT2D eigenvalue weighted by atomic mass is 32.1. The molecule has 0 saturated heterocycles. The fraction of sp³-hybridized carbons (Fsp3) is 0. The Morgan fingerprint density at radius 3 is 2.69 bits per heavy atom. The summed E-state index contributed by atoms with van der Waals surface area (Å²) in [6.07, 6.45) is 0. The maximum Gasteiger partial charge on any atom is 0.348 e. The van der Waals surface area contributed by atoms with Crippen molar-refractivity contribution < 1.29 is 19.1 Å². The zero-order valence-electron chi connectivity index (χ0n) is 6.20. The number of thiophene rings is 1. The lowest BCUT2D eigenvalue weighted by Crippen LogP contribution is -2.20. The maximum absolute atomic E-state index is 12.6. The predicted molar refractivity (Wildman–Crippen MR) is 44.4 cm³/mol. The Kier molecular flexibility index (Phi) is 2.47. The average Bonchev–Trinajstić information content (AvgIpc) is 2.29. The van der Waals surface area contributed by atoms with E-state index >= 15 is 0 Å². The van der Waals surface area contributed by atoms with Crippen LogP contribution in [0.1, 0.15) is 9.67 Å². The maximum atomic E-state index is 12.6. The molecule has 0 atom stereocenters. The quantitative estimate of drug-likeness (QED) is 0.672. The predicted octanol–water partition coefficient (Wildman–Crippen LogP) is 1.08. The minimum Gasteiger partial charge on any atom is -0.477 e. The van der Waals surface area contributed by atoms with Gasteiger partial charge in [-0.05, 0) is 0 Å². The Balaban J connectivity index is 3.04. The number of carbonyl (C=O) groups is 2. The summed E-state index contributed by atoms with van der Waals surface area (Å²) in [4.78, 5) is 20.5. The van der Waals surface area contributed by atoms with Crippen LogP contribution in [0.2, 0.25) is 0 Å². The molecule has 0 saturated carbocycles. The van der Waals surface area contributed by atoms with Gasteiger partial charge in [-0.25, -0.2) is 9.59 Å².